The van der Waals surface area contributed by atoms with Gasteiger partial charge in [-0.1, -0.05) is 12.1 Å². The molecule has 1 aliphatic rings. The Kier molecular flexibility index (Phi) is 4.06. The van der Waals surface area contributed by atoms with Crippen LogP contribution in [0.25, 0.3) is 0 Å². The summed E-state index contributed by atoms with van der Waals surface area (Å²) in [5, 5.41) is 5.40. The summed E-state index contributed by atoms with van der Waals surface area (Å²) in [6.07, 6.45) is 1.03. The van der Waals surface area contributed by atoms with Gasteiger partial charge in [-0.05, 0) is 54.9 Å². The van der Waals surface area contributed by atoms with Gasteiger partial charge in [-0.15, -0.1) is 0 Å². The van der Waals surface area contributed by atoms with E-state index in [1.54, 1.807) is 12.1 Å². The summed E-state index contributed by atoms with van der Waals surface area (Å²) in [5.41, 5.74) is 3.73. The first-order chi connectivity index (χ1) is 10.6. The van der Waals surface area contributed by atoms with Crippen molar-refractivity contribution in [3.8, 4) is 0 Å². The number of halogens is 1. The van der Waals surface area contributed by atoms with Crippen molar-refractivity contribution in [2.45, 2.75) is 13.0 Å². The lowest BCUT2D eigenvalue weighted by molar-refractivity contribution is 0.262. The van der Waals surface area contributed by atoms with Crippen LogP contribution >= 0.6 is 0 Å². The van der Waals surface area contributed by atoms with Gasteiger partial charge < -0.3 is 15.5 Å². The van der Waals surface area contributed by atoms with Crippen molar-refractivity contribution < 1.29 is 9.18 Å². The van der Waals surface area contributed by atoms with Gasteiger partial charge in [-0.3, -0.25) is 0 Å². The fraction of sp³-hybridized carbons (Fsp3) is 0.235. The molecule has 0 fully saturated rings. The number of rotatable bonds is 2. The summed E-state index contributed by atoms with van der Waals surface area (Å²) >= 11 is 0. The third-order valence-corrected chi connectivity index (χ3v) is 3.75. The van der Waals surface area contributed by atoms with Crippen LogP contribution in [0.1, 0.15) is 11.1 Å². The summed E-state index contributed by atoms with van der Waals surface area (Å²) < 4.78 is 13.1. The average molecular weight is 299 g/mol. The molecule has 2 N–H and O–H groups in total. The number of hydrogen-bond acceptors (Lipinski definition) is 2. The van der Waals surface area contributed by atoms with Gasteiger partial charge in [0, 0.05) is 24.5 Å². The molecule has 0 bridgehead atoms. The second-order valence-corrected chi connectivity index (χ2v) is 5.56. The van der Waals surface area contributed by atoms with E-state index in [2.05, 4.69) is 28.6 Å². The number of nitrogens with zero attached hydrogens (tertiary/aromatic N) is 1. The molecule has 1 aliphatic heterocycles. The molecule has 4 nitrogen and oxygen atoms in total. The van der Waals surface area contributed by atoms with Gasteiger partial charge in [-0.2, -0.15) is 0 Å². The van der Waals surface area contributed by atoms with E-state index < -0.39 is 0 Å². The topological polar surface area (TPSA) is 44.4 Å². The molecule has 0 saturated carbocycles. The first kappa shape index (κ1) is 14.5. The van der Waals surface area contributed by atoms with E-state index >= 15 is 0 Å². The molecule has 2 aromatic carbocycles. The maximum Gasteiger partial charge on any atom is 0.323 e. The number of carbonyl (C=O) groups excluding carboxylic acids is 1. The molecule has 0 radical (unpaired) electrons. The summed E-state index contributed by atoms with van der Waals surface area (Å²) in [5.74, 6) is -0.380. The molecule has 0 saturated heterocycles. The van der Waals surface area contributed by atoms with Crippen LogP contribution in [0.5, 0.6) is 0 Å². The Labute approximate surface area is 128 Å². The van der Waals surface area contributed by atoms with E-state index in [-0.39, 0.29) is 11.8 Å². The van der Waals surface area contributed by atoms with E-state index in [1.165, 1.54) is 23.3 Å². The standard InChI is InChI=1S/C17H18FN3O/c1-21-8-7-12-5-6-16(9-13(12)11-21)20-17(22)19-15-4-2-3-14(18)10-15/h2-6,9-10H,7-8,11H2,1H3,(H2,19,20,22). The average Bonchev–Trinajstić information content (AvgIpc) is 2.46. The molecule has 0 spiro atoms. The zero-order valence-electron chi connectivity index (χ0n) is 12.4. The van der Waals surface area contributed by atoms with E-state index in [0.29, 0.717) is 5.69 Å². The van der Waals surface area contributed by atoms with Crippen LogP contribution in [0.4, 0.5) is 20.6 Å². The van der Waals surface area contributed by atoms with Crippen LogP contribution < -0.4 is 10.6 Å². The molecule has 3 rings (SSSR count). The minimum Gasteiger partial charge on any atom is -0.308 e. The number of fused-ring (bicyclic) bond motifs is 1. The molecular formula is C17H18FN3O. The Morgan fingerprint density at radius 1 is 1.09 bits per heavy atom. The fourth-order valence-corrected chi connectivity index (χ4v) is 2.64. The second-order valence-electron chi connectivity index (χ2n) is 5.56. The smallest absolute Gasteiger partial charge is 0.308 e. The largest absolute Gasteiger partial charge is 0.323 e. The van der Waals surface area contributed by atoms with Crippen molar-refractivity contribution >= 4 is 17.4 Å². The molecule has 22 heavy (non-hydrogen) atoms. The highest BCUT2D eigenvalue weighted by atomic mass is 19.1. The minimum atomic E-state index is -0.380. The summed E-state index contributed by atoms with van der Waals surface area (Å²) in [6.45, 7) is 1.94. The number of urea groups is 1. The molecular weight excluding hydrogens is 281 g/mol. The molecule has 2 amide bonds. The first-order valence-corrected chi connectivity index (χ1v) is 7.24. The Morgan fingerprint density at radius 2 is 1.86 bits per heavy atom. The molecule has 0 unspecified atom stereocenters. The zero-order valence-corrected chi connectivity index (χ0v) is 12.4. The normalized spacial score (nSPS) is 14.3. The molecule has 1 heterocycles. The Hall–Kier alpha value is -2.40. The van der Waals surface area contributed by atoms with Gasteiger partial charge in [0.05, 0.1) is 0 Å². The van der Waals surface area contributed by atoms with Crippen molar-refractivity contribution in [2.75, 3.05) is 24.2 Å². The molecule has 0 aromatic heterocycles. The predicted octanol–water partition coefficient (Wildman–Crippen LogP) is 3.46. The van der Waals surface area contributed by atoms with Crippen LogP contribution in [0.2, 0.25) is 0 Å². The number of hydrogen-bond donors (Lipinski definition) is 2. The Bertz CT molecular complexity index is 702. The molecule has 5 heteroatoms. The van der Waals surface area contributed by atoms with Gasteiger partial charge in [-0.25, -0.2) is 9.18 Å². The molecule has 2 aromatic rings. The Balaban J connectivity index is 1.68. The van der Waals surface area contributed by atoms with Crippen molar-refractivity contribution in [1.82, 2.24) is 4.90 Å². The highest BCUT2D eigenvalue weighted by Gasteiger charge is 2.14. The van der Waals surface area contributed by atoms with Crippen LogP contribution in [0.15, 0.2) is 42.5 Å². The minimum absolute atomic E-state index is 0.380. The second kappa shape index (κ2) is 6.15. The predicted molar refractivity (Wildman–Crippen MR) is 85.5 cm³/mol. The van der Waals surface area contributed by atoms with Crippen LogP contribution in [0.3, 0.4) is 0 Å². The van der Waals surface area contributed by atoms with Gasteiger partial charge >= 0.3 is 6.03 Å². The lowest BCUT2D eigenvalue weighted by atomic mass is 9.99. The van der Waals surface area contributed by atoms with Crippen molar-refractivity contribution in [3.05, 3.63) is 59.4 Å². The summed E-state index contributed by atoms with van der Waals surface area (Å²) in [6, 6.07) is 11.4. The number of benzene rings is 2. The van der Waals surface area contributed by atoms with Crippen molar-refractivity contribution in [1.29, 1.82) is 0 Å². The number of anilines is 2. The van der Waals surface area contributed by atoms with Crippen molar-refractivity contribution in [3.63, 3.8) is 0 Å². The van der Waals surface area contributed by atoms with Gasteiger partial charge in [0.15, 0.2) is 0 Å². The number of carbonyl (C=O) groups is 1. The highest BCUT2D eigenvalue weighted by molar-refractivity contribution is 5.99. The zero-order chi connectivity index (χ0) is 15.5. The lowest BCUT2D eigenvalue weighted by Crippen LogP contribution is -2.26. The van der Waals surface area contributed by atoms with Crippen LogP contribution in [0, 0.1) is 5.82 Å². The SMILES string of the molecule is CN1CCc2ccc(NC(=O)Nc3cccc(F)c3)cc2C1. The van der Waals surface area contributed by atoms with Gasteiger partial charge in [0.2, 0.25) is 0 Å². The maximum atomic E-state index is 13.1. The van der Waals surface area contributed by atoms with Gasteiger partial charge in [0.25, 0.3) is 0 Å². The maximum absolute atomic E-state index is 13.1. The Morgan fingerprint density at radius 3 is 2.64 bits per heavy atom. The molecule has 0 aliphatic carbocycles. The lowest BCUT2D eigenvalue weighted by Gasteiger charge is -2.25. The summed E-state index contributed by atoms with van der Waals surface area (Å²) in [7, 11) is 2.08. The van der Waals surface area contributed by atoms with Crippen LogP contribution in [-0.4, -0.2) is 24.5 Å². The quantitative estimate of drug-likeness (QED) is 0.892. The van der Waals surface area contributed by atoms with Crippen LogP contribution in [-0.2, 0) is 13.0 Å². The van der Waals surface area contributed by atoms with E-state index in [0.717, 1.165) is 25.2 Å². The molecule has 114 valence electrons. The van der Waals surface area contributed by atoms with Crippen molar-refractivity contribution in [2.24, 2.45) is 0 Å². The molecule has 0 atom stereocenters. The third kappa shape index (κ3) is 3.43. The first-order valence-electron chi connectivity index (χ1n) is 7.24. The number of amides is 2. The van der Waals surface area contributed by atoms with E-state index in [9.17, 15) is 9.18 Å². The summed E-state index contributed by atoms with van der Waals surface area (Å²) in [4.78, 5) is 14.2. The fourth-order valence-electron chi connectivity index (χ4n) is 2.64. The highest BCUT2D eigenvalue weighted by Crippen LogP contribution is 2.22. The monoisotopic (exact) mass is 299 g/mol. The van der Waals surface area contributed by atoms with E-state index in [1.807, 2.05) is 12.1 Å². The number of likely N-dealkylation sites (N-methyl/N-ethyl adjacent to an activating group) is 1. The number of nitrogens with one attached hydrogen (secondary N) is 2. The van der Waals surface area contributed by atoms with Gasteiger partial charge in [0.1, 0.15) is 5.82 Å². The third-order valence-electron chi connectivity index (χ3n) is 3.75. The van der Waals surface area contributed by atoms with E-state index in [4.69, 9.17) is 0 Å².